The van der Waals surface area contributed by atoms with E-state index in [9.17, 15) is 0 Å². The Morgan fingerprint density at radius 3 is 2.58 bits per heavy atom. The van der Waals surface area contributed by atoms with Crippen LogP contribution in [0.4, 0.5) is 0 Å². The first kappa shape index (κ1) is 23.7. The number of aliphatic imine (C=N–C) groups is 1. The quantitative estimate of drug-likeness (QED) is 0.248. The van der Waals surface area contributed by atoms with Gasteiger partial charge in [0.15, 0.2) is 5.96 Å². The highest BCUT2D eigenvalue weighted by Gasteiger charge is 2.24. The Bertz CT molecular complexity index is 902. The number of likely N-dealkylation sites (tertiary alicyclic amines) is 1. The van der Waals surface area contributed by atoms with Gasteiger partial charge >= 0.3 is 0 Å². The van der Waals surface area contributed by atoms with Crippen molar-refractivity contribution in [2.75, 3.05) is 26.2 Å². The number of nitrogens with zero attached hydrogens (tertiary/aromatic N) is 4. The molecular formula is C23H31IN6S. The van der Waals surface area contributed by atoms with E-state index in [1.807, 2.05) is 28.3 Å². The van der Waals surface area contributed by atoms with E-state index in [1.54, 1.807) is 6.20 Å². The van der Waals surface area contributed by atoms with Crippen LogP contribution in [0.25, 0.3) is 5.69 Å². The Morgan fingerprint density at radius 1 is 1.13 bits per heavy atom. The third kappa shape index (κ3) is 6.54. The minimum absolute atomic E-state index is 0. The molecule has 0 radical (unpaired) electrons. The van der Waals surface area contributed by atoms with Crippen LogP contribution in [-0.2, 0) is 6.54 Å². The maximum Gasteiger partial charge on any atom is 0.191 e. The molecule has 1 aromatic carbocycles. The number of hydrogen-bond donors (Lipinski definition) is 2. The highest BCUT2D eigenvalue weighted by molar-refractivity contribution is 14.0. The first-order chi connectivity index (χ1) is 14.8. The van der Waals surface area contributed by atoms with Crippen molar-refractivity contribution in [3.63, 3.8) is 0 Å². The van der Waals surface area contributed by atoms with Crippen molar-refractivity contribution >= 4 is 41.3 Å². The van der Waals surface area contributed by atoms with Crippen molar-refractivity contribution in [3.8, 4) is 5.69 Å². The summed E-state index contributed by atoms with van der Waals surface area (Å²) in [5.74, 6) is 0.870. The maximum atomic E-state index is 4.81. The number of rotatable bonds is 8. The zero-order valence-corrected chi connectivity index (χ0v) is 21.1. The van der Waals surface area contributed by atoms with Crippen LogP contribution >= 0.6 is 35.3 Å². The molecule has 2 N–H and O–H groups in total. The van der Waals surface area contributed by atoms with Gasteiger partial charge in [0, 0.05) is 30.4 Å². The topological polar surface area (TPSA) is 57.5 Å². The zero-order chi connectivity index (χ0) is 20.6. The van der Waals surface area contributed by atoms with Crippen LogP contribution in [0.1, 0.15) is 36.2 Å². The van der Waals surface area contributed by atoms with E-state index in [4.69, 9.17) is 4.99 Å². The number of hydrogen-bond acceptors (Lipinski definition) is 4. The largest absolute Gasteiger partial charge is 0.357 e. The third-order valence-electron chi connectivity index (χ3n) is 5.39. The molecule has 31 heavy (non-hydrogen) atoms. The molecule has 0 saturated carbocycles. The molecule has 1 aliphatic rings. The highest BCUT2D eigenvalue weighted by Crippen LogP contribution is 2.27. The molecule has 0 amide bonds. The second kappa shape index (κ2) is 12.2. The minimum atomic E-state index is 0. The fraction of sp³-hybridized carbons (Fsp3) is 0.391. The first-order valence-electron chi connectivity index (χ1n) is 10.7. The van der Waals surface area contributed by atoms with Gasteiger partial charge in [-0.25, -0.2) is 9.67 Å². The number of halogens is 1. The summed E-state index contributed by atoms with van der Waals surface area (Å²) in [6, 6.07) is 15.1. The van der Waals surface area contributed by atoms with Gasteiger partial charge in [0.05, 0.1) is 18.3 Å². The van der Waals surface area contributed by atoms with Crippen LogP contribution in [-0.4, -0.2) is 46.8 Å². The Labute approximate surface area is 205 Å². The molecule has 166 valence electrons. The van der Waals surface area contributed by atoms with E-state index < -0.39 is 0 Å². The summed E-state index contributed by atoms with van der Waals surface area (Å²) in [7, 11) is 0. The molecule has 4 rings (SSSR count). The van der Waals surface area contributed by atoms with E-state index in [-0.39, 0.29) is 24.0 Å². The lowest BCUT2D eigenvalue weighted by Crippen LogP contribution is -2.42. The van der Waals surface area contributed by atoms with Gasteiger partial charge in [-0.3, -0.25) is 4.90 Å². The third-order valence-corrected chi connectivity index (χ3v) is 6.36. The average Bonchev–Trinajstić information content (AvgIpc) is 3.56. The molecular weight excluding hydrogens is 519 g/mol. The fourth-order valence-electron chi connectivity index (χ4n) is 3.82. The fourth-order valence-corrected chi connectivity index (χ4v) is 4.69. The number of benzene rings is 1. The normalized spacial score (nSPS) is 15.5. The van der Waals surface area contributed by atoms with Crippen molar-refractivity contribution < 1.29 is 0 Å². The van der Waals surface area contributed by atoms with Gasteiger partial charge in [-0.1, -0.05) is 18.2 Å². The molecule has 2 aromatic heterocycles. The SMILES string of the molecule is CCNC(=NCc1ccc(-n2cccn2)cc1)NCC(c1cccs1)N1CCCC1.I. The van der Waals surface area contributed by atoms with Crippen LogP contribution in [0.3, 0.4) is 0 Å². The summed E-state index contributed by atoms with van der Waals surface area (Å²) in [6.07, 6.45) is 6.33. The van der Waals surface area contributed by atoms with Gasteiger partial charge in [-0.2, -0.15) is 5.10 Å². The zero-order valence-electron chi connectivity index (χ0n) is 17.9. The highest BCUT2D eigenvalue weighted by atomic mass is 127. The number of nitrogens with one attached hydrogen (secondary N) is 2. The summed E-state index contributed by atoms with van der Waals surface area (Å²) in [6.45, 7) is 6.82. The molecule has 0 spiro atoms. The monoisotopic (exact) mass is 550 g/mol. The Kier molecular flexibility index (Phi) is 9.35. The standard InChI is InChI=1S/C23H30N6S.HI/c1-2-24-23(25-17-19-8-10-20(11-9-19)29-15-6-12-27-29)26-18-21(22-7-5-16-30-22)28-13-3-4-14-28;/h5-12,15-16,21H,2-4,13-14,17-18H2,1H3,(H2,24,25,26);1H. The van der Waals surface area contributed by atoms with Gasteiger partial charge in [-0.15, -0.1) is 35.3 Å². The predicted octanol–water partition coefficient (Wildman–Crippen LogP) is 4.44. The van der Waals surface area contributed by atoms with Gasteiger partial charge in [0.2, 0.25) is 0 Å². The van der Waals surface area contributed by atoms with Crippen molar-refractivity contribution in [2.24, 2.45) is 4.99 Å². The van der Waals surface area contributed by atoms with E-state index in [0.29, 0.717) is 12.6 Å². The summed E-state index contributed by atoms with van der Waals surface area (Å²) >= 11 is 1.84. The molecule has 1 unspecified atom stereocenters. The number of thiophene rings is 1. The second-order valence-electron chi connectivity index (χ2n) is 7.47. The minimum Gasteiger partial charge on any atom is -0.357 e. The molecule has 8 heteroatoms. The van der Waals surface area contributed by atoms with Gasteiger partial charge in [-0.05, 0) is 68.1 Å². The first-order valence-corrected chi connectivity index (χ1v) is 11.6. The van der Waals surface area contributed by atoms with Crippen LogP contribution < -0.4 is 10.6 Å². The van der Waals surface area contributed by atoms with E-state index >= 15 is 0 Å². The van der Waals surface area contributed by atoms with E-state index in [0.717, 1.165) is 24.7 Å². The molecule has 3 aromatic rings. The van der Waals surface area contributed by atoms with Gasteiger partial charge < -0.3 is 10.6 Å². The molecule has 0 bridgehead atoms. The molecule has 1 aliphatic heterocycles. The molecule has 3 heterocycles. The predicted molar refractivity (Wildman–Crippen MR) is 140 cm³/mol. The molecule has 1 saturated heterocycles. The van der Waals surface area contributed by atoms with Gasteiger partial charge in [0.1, 0.15) is 0 Å². The van der Waals surface area contributed by atoms with E-state index in [2.05, 4.69) is 69.3 Å². The lowest BCUT2D eigenvalue weighted by Gasteiger charge is -2.27. The van der Waals surface area contributed by atoms with Crippen molar-refractivity contribution in [3.05, 3.63) is 70.7 Å². The lowest BCUT2D eigenvalue weighted by atomic mass is 10.2. The van der Waals surface area contributed by atoms with Crippen LogP contribution in [0, 0.1) is 0 Å². The van der Waals surface area contributed by atoms with Crippen molar-refractivity contribution in [1.29, 1.82) is 0 Å². The second-order valence-corrected chi connectivity index (χ2v) is 8.45. The summed E-state index contributed by atoms with van der Waals surface area (Å²) < 4.78 is 1.86. The lowest BCUT2D eigenvalue weighted by molar-refractivity contribution is 0.249. The Balaban J connectivity index is 0.00000272. The smallest absolute Gasteiger partial charge is 0.191 e. The summed E-state index contributed by atoms with van der Waals surface area (Å²) in [5, 5.41) is 13.4. The maximum absolute atomic E-state index is 4.81. The van der Waals surface area contributed by atoms with Crippen LogP contribution in [0.15, 0.2) is 65.2 Å². The Hall–Kier alpha value is -1.91. The summed E-state index contributed by atoms with van der Waals surface area (Å²) in [5.41, 5.74) is 2.24. The number of guanidine groups is 1. The van der Waals surface area contributed by atoms with E-state index in [1.165, 1.54) is 36.4 Å². The Morgan fingerprint density at radius 2 is 1.94 bits per heavy atom. The average molecular weight is 551 g/mol. The van der Waals surface area contributed by atoms with Crippen LogP contribution in [0.5, 0.6) is 0 Å². The molecule has 1 atom stereocenters. The summed E-state index contributed by atoms with van der Waals surface area (Å²) in [4.78, 5) is 8.83. The number of aromatic nitrogens is 2. The van der Waals surface area contributed by atoms with Crippen molar-refractivity contribution in [2.45, 2.75) is 32.4 Å². The molecule has 0 aliphatic carbocycles. The van der Waals surface area contributed by atoms with Gasteiger partial charge in [0.25, 0.3) is 0 Å². The van der Waals surface area contributed by atoms with Crippen molar-refractivity contribution in [1.82, 2.24) is 25.3 Å². The molecule has 6 nitrogen and oxygen atoms in total. The molecule has 1 fully saturated rings. The van der Waals surface area contributed by atoms with Crippen LogP contribution in [0.2, 0.25) is 0 Å².